The van der Waals surface area contributed by atoms with E-state index in [-0.39, 0.29) is 0 Å². The summed E-state index contributed by atoms with van der Waals surface area (Å²) in [6, 6.07) is 15.2. The van der Waals surface area contributed by atoms with Gasteiger partial charge in [-0.15, -0.1) is 11.6 Å². The van der Waals surface area contributed by atoms with E-state index in [1.165, 1.54) is 0 Å². The second-order valence-corrected chi connectivity index (χ2v) is 4.98. The molecule has 0 amide bonds. The second kappa shape index (κ2) is 5.70. The monoisotopic (exact) mass is 303 g/mol. The number of aromatic nitrogens is 1. The van der Waals surface area contributed by atoms with E-state index >= 15 is 0 Å². The van der Waals surface area contributed by atoms with Crippen LogP contribution in [0.25, 0.3) is 10.9 Å². The van der Waals surface area contributed by atoms with Gasteiger partial charge in [0, 0.05) is 28.2 Å². The average molecular weight is 304 g/mol. The van der Waals surface area contributed by atoms with Crippen molar-refractivity contribution < 1.29 is 4.74 Å². The zero-order valence-electron chi connectivity index (χ0n) is 10.5. The van der Waals surface area contributed by atoms with Gasteiger partial charge in [0.15, 0.2) is 0 Å². The summed E-state index contributed by atoms with van der Waals surface area (Å²) in [6.07, 6.45) is 1.76. The van der Waals surface area contributed by atoms with Crippen LogP contribution in [-0.2, 0) is 5.88 Å². The first-order chi connectivity index (χ1) is 9.78. The lowest BCUT2D eigenvalue weighted by Crippen LogP contribution is -1.91. The molecule has 1 heterocycles. The molecule has 0 aliphatic rings. The molecule has 0 atom stereocenters. The first-order valence-corrected chi connectivity index (χ1v) is 7.05. The summed E-state index contributed by atoms with van der Waals surface area (Å²) in [5.74, 6) is 1.69. The van der Waals surface area contributed by atoms with Gasteiger partial charge >= 0.3 is 0 Å². The first-order valence-electron chi connectivity index (χ1n) is 6.14. The highest BCUT2D eigenvalue weighted by atomic mass is 35.5. The summed E-state index contributed by atoms with van der Waals surface area (Å²) in [5, 5.41) is 1.68. The van der Waals surface area contributed by atoms with E-state index in [0.29, 0.717) is 22.4 Å². The third-order valence-electron chi connectivity index (χ3n) is 3.01. The largest absolute Gasteiger partial charge is 0.457 e. The molecule has 100 valence electrons. The fourth-order valence-corrected chi connectivity index (χ4v) is 2.58. The van der Waals surface area contributed by atoms with Crippen LogP contribution in [0.1, 0.15) is 5.56 Å². The lowest BCUT2D eigenvalue weighted by Gasteiger charge is -2.11. The third-order valence-corrected chi connectivity index (χ3v) is 3.64. The number of hydrogen-bond acceptors (Lipinski definition) is 2. The molecule has 0 saturated heterocycles. The van der Waals surface area contributed by atoms with E-state index < -0.39 is 0 Å². The second-order valence-electron chi connectivity index (χ2n) is 4.31. The van der Waals surface area contributed by atoms with E-state index in [1.54, 1.807) is 12.3 Å². The van der Waals surface area contributed by atoms with Crippen LogP contribution in [0.3, 0.4) is 0 Å². The van der Waals surface area contributed by atoms with E-state index in [1.807, 2.05) is 42.5 Å². The minimum Gasteiger partial charge on any atom is -0.457 e. The number of ether oxygens (including phenoxy) is 1. The van der Waals surface area contributed by atoms with Crippen LogP contribution in [0, 0.1) is 0 Å². The van der Waals surface area contributed by atoms with Gasteiger partial charge in [0.2, 0.25) is 0 Å². The quantitative estimate of drug-likeness (QED) is 0.603. The maximum absolute atomic E-state index is 6.11. The molecule has 0 bridgehead atoms. The molecular formula is C16H11Cl2NO. The molecule has 0 aliphatic heterocycles. The molecule has 0 N–H and O–H groups in total. The van der Waals surface area contributed by atoms with Gasteiger partial charge < -0.3 is 4.74 Å². The number of alkyl halides is 1. The van der Waals surface area contributed by atoms with Crippen molar-refractivity contribution in [2.75, 3.05) is 0 Å². The van der Waals surface area contributed by atoms with Crippen molar-refractivity contribution in [1.82, 2.24) is 4.98 Å². The normalized spacial score (nSPS) is 10.7. The van der Waals surface area contributed by atoms with Gasteiger partial charge in [-0.25, -0.2) is 0 Å². The standard InChI is InChI=1S/C16H11Cl2NO/c17-10-13-14(18)4-1-5-16(13)20-12-7-6-11-3-2-8-19-15(11)9-12/h1-9H,10H2. The number of benzene rings is 2. The first kappa shape index (κ1) is 13.2. The minimum absolute atomic E-state index is 0.306. The zero-order chi connectivity index (χ0) is 13.9. The molecule has 0 radical (unpaired) electrons. The molecule has 3 aromatic rings. The summed E-state index contributed by atoms with van der Waals surface area (Å²) < 4.78 is 5.88. The van der Waals surface area contributed by atoms with Gasteiger partial charge in [-0.3, -0.25) is 4.98 Å². The van der Waals surface area contributed by atoms with Crippen LogP contribution in [0.5, 0.6) is 11.5 Å². The number of pyridine rings is 1. The molecule has 0 spiro atoms. The van der Waals surface area contributed by atoms with Gasteiger partial charge in [-0.05, 0) is 30.3 Å². The van der Waals surface area contributed by atoms with Crippen LogP contribution < -0.4 is 4.74 Å². The molecule has 0 fully saturated rings. The van der Waals surface area contributed by atoms with Gasteiger partial charge in [0.25, 0.3) is 0 Å². The van der Waals surface area contributed by atoms with Gasteiger partial charge in [-0.1, -0.05) is 23.7 Å². The number of hydrogen-bond donors (Lipinski definition) is 0. The number of halogens is 2. The number of rotatable bonds is 3. The Morgan fingerprint density at radius 1 is 1.05 bits per heavy atom. The Labute approximate surface area is 126 Å². The van der Waals surface area contributed by atoms with Gasteiger partial charge in [0.05, 0.1) is 11.4 Å². The van der Waals surface area contributed by atoms with Gasteiger partial charge in [0.1, 0.15) is 11.5 Å². The van der Waals surface area contributed by atoms with Crippen molar-refractivity contribution in [3.63, 3.8) is 0 Å². The lowest BCUT2D eigenvalue weighted by atomic mass is 10.2. The molecule has 20 heavy (non-hydrogen) atoms. The Hall–Kier alpha value is -1.77. The molecule has 1 aromatic heterocycles. The smallest absolute Gasteiger partial charge is 0.133 e. The number of fused-ring (bicyclic) bond motifs is 1. The molecule has 3 rings (SSSR count). The average Bonchev–Trinajstić information content (AvgIpc) is 2.47. The van der Waals surface area contributed by atoms with Crippen molar-refractivity contribution in [1.29, 1.82) is 0 Å². The molecule has 2 nitrogen and oxygen atoms in total. The Bertz CT molecular complexity index is 758. The fourth-order valence-electron chi connectivity index (χ4n) is 2.00. The van der Waals surface area contributed by atoms with Gasteiger partial charge in [-0.2, -0.15) is 0 Å². The maximum Gasteiger partial charge on any atom is 0.133 e. The summed E-state index contributed by atoms with van der Waals surface area (Å²) >= 11 is 12.0. The van der Waals surface area contributed by atoms with Crippen LogP contribution in [-0.4, -0.2) is 4.98 Å². The van der Waals surface area contributed by atoms with Crippen LogP contribution in [0.4, 0.5) is 0 Å². The molecule has 2 aromatic carbocycles. The van der Waals surface area contributed by atoms with Crippen LogP contribution >= 0.6 is 23.2 Å². The number of nitrogens with zero attached hydrogens (tertiary/aromatic N) is 1. The SMILES string of the molecule is ClCc1c(Cl)cccc1Oc1ccc2cccnc2c1. The molecule has 0 unspecified atom stereocenters. The zero-order valence-corrected chi connectivity index (χ0v) is 12.0. The predicted molar refractivity (Wildman–Crippen MR) is 82.8 cm³/mol. The summed E-state index contributed by atoms with van der Waals surface area (Å²) in [4.78, 5) is 4.31. The van der Waals surface area contributed by atoms with Crippen molar-refractivity contribution in [2.45, 2.75) is 5.88 Å². The molecule has 0 saturated carbocycles. The Balaban J connectivity index is 1.99. The van der Waals surface area contributed by atoms with Crippen molar-refractivity contribution in [2.24, 2.45) is 0 Å². The summed E-state index contributed by atoms with van der Waals surface area (Å²) in [6.45, 7) is 0. The predicted octanol–water partition coefficient (Wildman–Crippen LogP) is 5.42. The van der Waals surface area contributed by atoms with E-state index in [0.717, 1.165) is 16.5 Å². The van der Waals surface area contributed by atoms with Crippen LogP contribution in [0.15, 0.2) is 54.7 Å². The topological polar surface area (TPSA) is 22.1 Å². The fraction of sp³-hybridized carbons (Fsp3) is 0.0625. The highest BCUT2D eigenvalue weighted by molar-refractivity contribution is 6.32. The maximum atomic E-state index is 6.11. The Morgan fingerprint density at radius 3 is 2.80 bits per heavy atom. The van der Waals surface area contributed by atoms with E-state index in [2.05, 4.69) is 4.98 Å². The Morgan fingerprint density at radius 2 is 1.95 bits per heavy atom. The van der Waals surface area contributed by atoms with Crippen molar-refractivity contribution >= 4 is 34.1 Å². The lowest BCUT2D eigenvalue weighted by molar-refractivity contribution is 0.479. The molecule has 0 aliphatic carbocycles. The van der Waals surface area contributed by atoms with Crippen molar-refractivity contribution in [3.05, 3.63) is 65.3 Å². The minimum atomic E-state index is 0.306. The molecular weight excluding hydrogens is 293 g/mol. The summed E-state index contributed by atoms with van der Waals surface area (Å²) in [7, 11) is 0. The highest BCUT2D eigenvalue weighted by Crippen LogP contribution is 2.32. The van der Waals surface area contributed by atoms with E-state index in [9.17, 15) is 0 Å². The molecule has 4 heteroatoms. The van der Waals surface area contributed by atoms with E-state index in [4.69, 9.17) is 27.9 Å². The summed E-state index contributed by atoms with van der Waals surface area (Å²) in [5.41, 5.74) is 1.68. The Kier molecular flexibility index (Phi) is 3.77. The van der Waals surface area contributed by atoms with Crippen LogP contribution in [0.2, 0.25) is 5.02 Å². The highest BCUT2D eigenvalue weighted by Gasteiger charge is 2.08. The van der Waals surface area contributed by atoms with Crippen molar-refractivity contribution in [3.8, 4) is 11.5 Å². The third kappa shape index (κ3) is 2.58.